The maximum atomic E-state index is 6.12. The molecule has 0 radical (unpaired) electrons. The van der Waals surface area contributed by atoms with Gasteiger partial charge in [-0.3, -0.25) is 0 Å². The summed E-state index contributed by atoms with van der Waals surface area (Å²) in [6, 6.07) is 0.520. The van der Waals surface area contributed by atoms with Crippen LogP contribution >= 0.6 is 23.4 Å². The number of aromatic nitrogens is 2. The summed E-state index contributed by atoms with van der Waals surface area (Å²) in [4.78, 5) is 8.40. The van der Waals surface area contributed by atoms with Gasteiger partial charge in [-0.25, -0.2) is 9.97 Å². The molecule has 1 saturated carbocycles. The van der Waals surface area contributed by atoms with E-state index < -0.39 is 0 Å². The Bertz CT molecular complexity index is 400. The molecule has 2 atom stereocenters. The summed E-state index contributed by atoms with van der Waals surface area (Å²) in [5.41, 5.74) is 1.03. The minimum atomic E-state index is 0.520. The molecule has 0 amide bonds. The van der Waals surface area contributed by atoms with Crippen molar-refractivity contribution in [2.24, 2.45) is 0 Å². The second-order valence-corrected chi connectivity index (χ2v) is 6.39. The van der Waals surface area contributed by atoms with E-state index in [2.05, 4.69) is 29.1 Å². The van der Waals surface area contributed by atoms with Crippen molar-refractivity contribution in [3.8, 4) is 0 Å². The van der Waals surface area contributed by atoms with Crippen LogP contribution in [0.3, 0.4) is 0 Å². The smallest absolute Gasteiger partial charge is 0.137 e. The molecule has 0 spiro atoms. The largest absolute Gasteiger partial charge is 0.366 e. The third-order valence-corrected chi connectivity index (χ3v) is 5.05. The highest BCUT2D eigenvalue weighted by Gasteiger charge is 2.28. The van der Waals surface area contributed by atoms with Gasteiger partial charge in [-0.05, 0) is 25.0 Å². The fourth-order valence-electron chi connectivity index (χ4n) is 2.51. The first-order valence-electron chi connectivity index (χ1n) is 6.63. The topological polar surface area (TPSA) is 37.8 Å². The molecule has 2 unspecified atom stereocenters. The zero-order valence-electron chi connectivity index (χ0n) is 10.9. The highest BCUT2D eigenvalue weighted by Crippen LogP contribution is 2.33. The lowest BCUT2D eigenvalue weighted by Crippen LogP contribution is -2.27. The van der Waals surface area contributed by atoms with Gasteiger partial charge in [-0.1, -0.05) is 31.9 Å². The van der Waals surface area contributed by atoms with E-state index in [0.29, 0.717) is 16.4 Å². The van der Waals surface area contributed by atoms with Crippen molar-refractivity contribution in [1.82, 2.24) is 9.97 Å². The molecule has 1 N–H and O–H groups in total. The third kappa shape index (κ3) is 3.09. The lowest BCUT2D eigenvalue weighted by atomic mass is 10.2. The number of thioether (sulfide) groups is 1. The average molecular weight is 286 g/mol. The van der Waals surface area contributed by atoms with Crippen LogP contribution in [-0.4, -0.2) is 27.0 Å². The summed E-state index contributed by atoms with van der Waals surface area (Å²) >= 11 is 8.16. The van der Waals surface area contributed by atoms with Crippen molar-refractivity contribution < 1.29 is 0 Å². The van der Waals surface area contributed by atoms with E-state index in [0.717, 1.165) is 17.8 Å². The van der Waals surface area contributed by atoms with Crippen molar-refractivity contribution in [3.63, 3.8) is 0 Å². The Morgan fingerprint density at radius 3 is 2.94 bits per heavy atom. The Balaban J connectivity index is 2.11. The van der Waals surface area contributed by atoms with Crippen LogP contribution in [0.1, 0.15) is 38.7 Å². The molecule has 5 heteroatoms. The molecule has 1 fully saturated rings. The molecule has 0 aromatic carbocycles. The quantitative estimate of drug-likeness (QED) is 0.836. The molecule has 0 saturated heterocycles. The normalized spacial score (nSPS) is 23.3. The van der Waals surface area contributed by atoms with Crippen LogP contribution in [0.4, 0.5) is 5.82 Å². The van der Waals surface area contributed by atoms with E-state index in [9.17, 15) is 0 Å². The fraction of sp³-hybridized carbons (Fsp3) is 0.692. The Morgan fingerprint density at radius 1 is 1.39 bits per heavy atom. The highest BCUT2D eigenvalue weighted by atomic mass is 35.5. The van der Waals surface area contributed by atoms with E-state index in [-0.39, 0.29) is 0 Å². The molecule has 2 rings (SSSR count). The van der Waals surface area contributed by atoms with Gasteiger partial charge in [-0.2, -0.15) is 11.8 Å². The van der Waals surface area contributed by atoms with Crippen LogP contribution in [0, 0.1) is 0 Å². The Labute approximate surface area is 118 Å². The van der Waals surface area contributed by atoms with E-state index in [1.807, 2.05) is 11.8 Å². The third-order valence-electron chi connectivity index (χ3n) is 3.40. The molecular weight excluding hydrogens is 266 g/mol. The maximum Gasteiger partial charge on any atom is 0.137 e. The zero-order valence-corrected chi connectivity index (χ0v) is 12.5. The van der Waals surface area contributed by atoms with Crippen LogP contribution in [0.15, 0.2) is 6.33 Å². The van der Waals surface area contributed by atoms with E-state index >= 15 is 0 Å². The first-order valence-corrected chi connectivity index (χ1v) is 8.06. The maximum absolute atomic E-state index is 6.12. The molecule has 18 heavy (non-hydrogen) atoms. The standard InChI is InChI=1S/C13H20ClN3S/c1-3-9-12(14)15-8-16-13(9)17-10-6-5-7-11(10)18-4-2/h8,10-11H,3-7H2,1-2H3,(H,15,16,17). The van der Waals surface area contributed by atoms with Crippen molar-refractivity contribution in [2.45, 2.75) is 50.8 Å². The lowest BCUT2D eigenvalue weighted by Gasteiger charge is -2.22. The lowest BCUT2D eigenvalue weighted by molar-refractivity contribution is 0.758. The van der Waals surface area contributed by atoms with Gasteiger partial charge in [-0.15, -0.1) is 0 Å². The monoisotopic (exact) mass is 285 g/mol. The molecule has 1 heterocycles. The highest BCUT2D eigenvalue weighted by molar-refractivity contribution is 7.99. The van der Waals surface area contributed by atoms with E-state index in [4.69, 9.17) is 11.6 Å². The van der Waals surface area contributed by atoms with Gasteiger partial charge in [0.2, 0.25) is 0 Å². The van der Waals surface area contributed by atoms with Gasteiger partial charge in [0, 0.05) is 16.9 Å². The van der Waals surface area contributed by atoms with Gasteiger partial charge in [0.05, 0.1) is 0 Å². The molecule has 0 aliphatic heterocycles. The van der Waals surface area contributed by atoms with Crippen LogP contribution in [0.5, 0.6) is 0 Å². The van der Waals surface area contributed by atoms with Crippen LogP contribution in [-0.2, 0) is 6.42 Å². The van der Waals surface area contributed by atoms with Crippen LogP contribution in [0.2, 0.25) is 5.15 Å². The number of nitrogens with one attached hydrogen (secondary N) is 1. The molecule has 1 aliphatic rings. The summed E-state index contributed by atoms with van der Waals surface area (Å²) in [5.74, 6) is 2.10. The number of nitrogens with zero attached hydrogens (tertiary/aromatic N) is 2. The molecule has 100 valence electrons. The summed E-state index contributed by atoms with van der Waals surface area (Å²) in [6.45, 7) is 4.31. The molecule has 0 bridgehead atoms. The molecular formula is C13H20ClN3S. The van der Waals surface area contributed by atoms with Crippen molar-refractivity contribution >= 4 is 29.2 Å². The van der Waals surface area contributed by atoms with Crippen molar-refractivity contribution in [3.05, 3.63) is 17.0 Å². The van der Waals surface area contributed by atoms with Crippen molar-refractivity contribution in [1.29, 1.82) is 0 Å². The minimum Gasteiger partial charge on any atom is -0.366 e. The van der Waals surface area contributed by atoms with Gasteiger partial charge >= 0.3 is 0 Å². The molecule has 1 aromatic heterocycles. The summed E-state index contributed by atoms with van der Waals surface area (Å²) < 4.78 is 0. The van der Waals surface area contributed by atoms with Crippen LogP contribution in [0.25, 0.3) is 0 Å². The predicted molar refractivity (Wildman–Crippen MR) is 79.6 cm³/mol. The first kappa shape index (κ1) is 13.9. The number of hydrogen-bond donors (Lipinski definition) is 1. The summed E-state index contributed by atoms with van der Waals surface area (Å²) in [6.07, 6.45) is 6.23. The number of hydrogen-bond acceptors (Lipinski definition) is 4. The average Bonchev–Trinajstić information content (AvgIpc) is 2.78. The molecule has 3 nitrogen and oxygen atoms in total. The van der Waals surface area contributed by atoms with E-state index in [1.54, 1.807) is 6.33 Å². The Morgan fingerprint density at radius 2 is 2.22 bits per heavy atom. The van der Waals surface area contributed by atoms with Gasteiger partial charge in [0.1, 0.15) is 17.3 Å². The summed E-state index contributed by atoms with van der Waals surface area (Å²) in [7, 11) is 0. The first-order chi connectivity index (χ1) is 8.76. The predicted octanol–water partition coefficient (Wildman–Crippen LogP) is 3.78. The minimum absolute atomic E-state index is 0.520. The fourth-order valence-corrected chi connectivity index (χ4v) is 3.97. The Hall–Kier alpha value is -0.480. The van der Waals surface area contributed by atoms with Crippen molar-refractivity contribution in [2.75, 3.05) is 11.1 Å². The summed E-state index contributed by atoms with van der Waals surface area (Å²) in [5, 5.41) is 4.86. The SMILES string of the molecule is CCSC1CCCC1Nc1ncnc(Cl)c1CC. The second-order valence-electron chi connectivity index (χ2n) is 4.52. The second kappa shape index (κ2) is 6.62. The van der Waals surface area contributed by atoms with Gasteiger partial charge < -0.3 is 5.32 Å². The van der Waals surface area contributed by atoms with Gasteiger partial charge in [0.15, 0.2) is 0 Å². The zero-order chi connectivity index (χ0) is 13.0. The Kier molecular flexibility index (Phi) is 5.13. The number of halogens is 1. The van der Waals surface area contributed by atoms with E-state index in [1.165, 1.54) is 25.0 Å². The molecule has 1 aliphatic carbocycles. The van der Waals surface area contributed by atoms with Crippen LogP contribution < -0.4 is 5.32 Å². The van der Waals surface area contributed by atoms with Gasteiger partial charge in [0.25, 0.3) is 0 Å². The number of rotatable bonds is 5. The number of anilines is 1. The molecule has 1 aromatic rings.